The van der Waals surface area contributed by atoms with Gasteiger partial charge in [0.05, 0.1) is 5.56 Å². The molecule has 0 aliphatic carbocycles. The van der Waals surface area contributed by atoms with Crippen molar-refractivity contribution >= 4 is 29.7 Å². The number of pyridine rings is 1. The van der Waals surface area contributed by atoms with E-state index in [0.717, 1.165) is 27.4 Å². The number of carbonyl (C=O) groups is 1. The minimum absolute atomic E-state index is 0.111. The number of urea groups is 1. The third kappa shape index (κ3) is 3.91. The summed E-state index contributed by atoms with van der Waals surface area (Å²) in [6.07, 6.45) is 1.10. The number of aromatic nitrogens is 1. The van der Waals surface area contributed by atoms with Gasteiger partial charge in [-0.05, 0) is 48.5 Å². The van der Waals surface area contributed by atoms with Gasteiger partial charge in [-0.3, -0.25) is 9.36 Å². The smallest absolute Gasteiger partial charge is 0.345 e. The number of nitriles is 2. The predicted molar refractivity (Wildman–Crippen MR) is 97.3 cm³/mol. The summed E-state index contributed by atoms with van der Waals surface area (Å²) in [5.74, 6) is -0.388. The monoisotopic (exact) mass is 367 g/mol. The van der Waals surface area contributed by atoms with Crippen LogP contribution in [-0.2, 0) is 7.05 Å². The van der Waals surface area contributed by atoms with E-state index in [9.17, 15) is 14.7 Å². The molecule has 2 rings (SSSR count). The number of thiocyanates is 1. The molecule has 2 amide bonds. The van der Waals surface area contributed by atoms with Crippen LogP contribution in [0, 0.1) is 28.9 Å². The lowest BCUT2D eigenvalue weighted by Crippen LogP contribution is -2.22. The Bertz CT molecular complexity index is 1030. The second-order valence-electron chi connectivity index (χ2n) is 5.12. The van der Waals surface area contributed by atoms with Crippen molar-refractivity contribution in [1.82, 2.24) is 4.57 Å². The SMILES string of the molecule is Cc1c(/C=N/C(=O)Nc2ccc(SC#N)cc2)c(O)n(C)c(=O)c1C#N. The van der Waals surface area contributed by atoms with Crippen molar-refractivity contribution in [2.75, 3.05) is 5.32 Å². The van der Waals surface area contributed by atoms with Gasteiger partial charge in [-0.2, -0.15) is 10.5 Å². The van der Waals surface area contributed by atoms with Crippen LogP contribution in [0.1, 0.15) is 16.7 Å². The number of amides is 2. The van der Waals surface area contributed by atoms with Crippen LogP contribution >= 0.6 is 11.8 Å². The van der Waals surface area contributed by atoms with Crippen molar-refractivity contribution in [2.24, 2.45) is 12.0 Å². The average Bonchev–Trinajstić information content (AvgIpc) is 2.62. The van der Waals surface area contributed by atoms with Gasteiger partial charge in [-0.15, -0.1) is 0 Å². The molecule has 0 saturated carbocycles. The molecule has 9 heteroatoms. The number of nitrogens with zero attached hydrogens (tertiary/aromatic N) is 4. The first-order chi connectivity index (χ1) is 12.4. The summed E-state index contributed by atoms with van der Waals surface area (Å²) in [5.41, 5.74) is 0.0767. The molecule has 1 aromatic carbocycles. The topological polar surface area (TPSA) is 131 Å². The van der Waals surface area contributed by atoms with E-state index in [4.69, 9.17) is 10.5 Å². The van der Waals surface area contributed by atoms with Crippen LogP contribution < -0.4 is 10.9 Å². The van der Waals surface area contributed by atoms with E-state index in [1.165, 1.54) is 14.0 Å². The van der Waals surface area contributed by atoms with Crippen LogP contribution in [0.2, 0.25) is 0 Å². The molecule has 2 N–H and O–H groups in total. The standard InChI is InChI=1S/C17H13N5O3S/c1-10-13(7-18)15(23)22(2)16(24)14(10)8-20-17(25)21-11-3-5-12(6-4-11)26-9-19/h3-6,8,24H,1-2H3,(H,21,25)/b20-8+. The van der Waals surface area contributed by atoms with Gasteiger partial charge in [0.2, 0.25) is 5.88 Å². The molecule has 1 heterocycles. The van der Waals surface area contributed by atoms with E-state index in [2.05, 4.69) is 10.3 Å². The lowest BCUT2D eigenvalue weighted by atomic mass is 10.1. The van der Waals surface area contributed by atoms with Crippen LogP contribution in [0.25, 0.3) is 0 Å². The zero-order chi connectivity index (χ0) is 19.3. The van der Waals surface area contributed by atoms with Crippen LogP contribution in [0.3, 0.4) is 0 Å². The first kappa shape index (κ1) is 18.8. The van der Waals surface area contributed by atoms with Gasteiger partial charge in [-0.1, -0.05) is 0 Å². The van der Waals surface area contributed by atoms with E-state index in [1.54, 1.807) is 30.3 Å². The Kier molecular flexibility index (Phi) is 5.78. The molecule has 1 aromatic heterocycles. The highest BCUT2D eigenvalue weighted by Gasteiger charge is 2.16. The zero-order valence-corrected chi connectivity index (χ0v) is 14.7. The normalized spacial score (nSPS) is 10.3. The molecule has 26 heavy (non-hydrogen) atoms. The van der Waals surface area contributed by atoms with Gasteiger partial charge in [0.25, 0.3) is 5.56 Å². The number of hydrogen-bond donors (Lipinski definition) is 2. The van der Waals surface area contributed by atoms with E-state index in [0.29, 0.717) is 5.69 Å². The fraction of sp³-hybridized carbons (Fsp3) is 0.118. The molecule has 0 aliphatic heterocycles. The maximum absolute atomic E-state index is 11.9. The van der Waals surface area contributed by atoms with Crippen molar-refractivity contribution in [3.63, 3.8) is 0 Å². The van der Waals surface area contributed by atoms with Crippen molar-refractivity contribution in [3.05, 3.63) is 51.3 Å². The average molecular weight is 367 g/mol. The van der Waals surface area contributed by atoms with Gasteiger partial charge in [0.1, 0.15) is 17.0 Å². The number of nitrogens with one attached hydrogen (secondary N) is 1. The minimum Gasteiger partial charge on any atom is -0.494 e. The summed E-state index contributed by atoms with van der Waals surface area (Å²) in [5, 5.41) is 32.2. The van der Waals surface area contributed by atoms with Gasteiger partial charge in [0.15, 0.2) is 0 Å². The summed E-state index contributed by atoms with van der Waals surface area (Å²) in [6.45, 7) is 1.49. The molecule has 0 spiro atoms. The van der Waals surface area contributed by atoms with Crippen molar-refractivity contribution in [1.29, 1.82) is 10.5 Å². The van der Waals surface area contributed by atoms with Gasteiger partial charge in [0, 0.05) is 23.8 Å². The second-order valence-corrected chi connectivity index (χ2v) is 5.98. The summed E-state index contributed by atoms with van der Waals surface area (Å²) in [7, 11) is 1.32. The number of hydrogen-bond acceptors (Lipinski definition) is 6. The zero-order valence-electron chi connectivity index (χ0n) is 13.8. The largest absolute Gasteiger partial charge is 0.494 e. The van der Waals surface area contributed by atoms with E-state index in [1.807, 2.05) is 5.40 Å². The molecule has 0 unspecified atom stereocenters. The summed E-state index contributed by atoms with van der Waals surface area (Å²) >= 11 is 1.00. The number of thioether (sulfide) groups is 1. The second kappa shape index (κ2) is 8.01. The number of anilines is 1. The molecule has 0 radical (unpaired) electrons. The van der Waals surface area contributed by atoms with E-state index >= 15 is 0 Å². The number of carbonyl (C=O) groups excluding carboxylic acids is 1. The molecule has 0 bridgehead atoms. The Balaban J connectivity index is 2.23. The minimum atomic E-state index is -0.697. The molecule has 0 atom stereocenters. The van der Waals surface area contributed by atoms with Crippen molar-refractivity contribution < 1.29 is 9.90 Å². The molecular formula is C17H13N5O3S. The van der Waals surface area contributed by atoms with Crippen LogP contribution in [-0.4, -0.2) is 21.9 Å². The highest BCUT2D eigenvalue weighted by Crippen LogP contribution is 2.20. The third-order valence-electron chi connectivity index (χ3n) is 3.55. The van der Waals surface area contributed by atoms with Gasteiger partial charge >= 0.3 is 6.03 Å². The Morgan fingerprint density at radius 1 is 1.35 bits per heavy atom. The molecule has 8 nitrogen and oxygen atoms in total. The fourth-order valence-electron chi connectivity index (χ4n) is 2.13. The maximum atomic E-state index is 11.9. The van der Waals surface area contributed by atoms with Crippen molar-refractivity contribution in [2.45, 2.75) is 11.8 Å². The molecule has 0 fully saturated rings. The van der Waals surface area contributed by atoms with Gasteiger partial charge < -0.3 is 10.4 Å². The Hall–Kier alpha value is -3.56. The first-order valence-corrected chi connectivity index (χ1v) is 8.04. The lowest BCUT2D eigenvalue weighted by Gasteiger charge is -2.09. The maximum Gasteiger partial charge on any atom is 0.345 e. The molecular weight excluding hydrogens is 354 g/mol. The third-order valence-corrected chi connectivity index (χ3v) is 4.15. The quantitative estimate of drug-likeness (QED) is 0.487. The van der Waals surface area contributed by atoms with Crippen LogP contribution in [0.4, 0.5) is 10.5 Å². The summed E-state index contributed by atoms with van der Waals surface area (Å²) < 4.78 is 0.913. The Morgan fingerprint density at radius 3 is 2.58 bits per heavy atom. The highest BCUT2D eigenvalue weighted by atomic mass is 32.2. The summed E-state index contributed by atoms with van der Waals surface area (Å²) in [4.78, 5) is 28.3. The highest BCUT2D eigenvalue weighted by molar-refractivity contribution is 8.03. The summed E-state index contributed by atoms with van der Waals surface area (Å²) in [6, 6.07) is 7.68. The molecule has 0 aliphatic rings. The van der Waals surface area contributed by atoms with Crippen molar-refractivity contribution in [3.8, 4) is 17.4 Å². The lowest BCUT2D eigenvalue weighted by molar-refractivity contribution is 0.259. The number of aromatic hydroxyl groups is 1. The van der Waals surface area contributed by atoms with E-state index < -0.39 is 11.6 Å². The predicted octanol–water partition coefficient (Wildman–Crippen LogP) is 2.50. The van der Waals surface area contributed by atoms with Gasteiger partial charge in [-0.25, -0.2) is 9.79 Å². The Morgan fingerprint density at radius 2 is 2.00 bits per heavy atom. The molecule has 130 valence electrons. The Labute approximate surface area is 153 Å². The number of rotatable bonds is 3. The fourth-order valence-corrected chi connectivity index (χ4v) is 2.51. The molecule has 2 aromatic rings. The van der Waals surface area contributed by atoms with Crippen LogP contribution in [0.15, 0.2) is 38.9 Å². The molecule has 0 saturated heterocycles. The number of benzene rings is 1. The number of aliphatic imine (C=N–C) groups is 1. The first-order valence-electron chi connectivity index (χ1n) is 7.22. The van der Waals surface area contributed by atoms with Crippen LogP contribution in [0.5, 0.6) is 5.88 Å². The van der Waals surface area contributed by atoms with E-state index in [-0.39, 0.29) is 22.6 Å².